The molecule has 4 aromatic heterocycles. The number of carbonyl (C=O) groups is 1. The Hall–Kier alpha value is -3.56. The van der Waals surface area contributed by atoms with Gasteiger partial charge >= 0.3 is 0 Å². The lowest BCUT2D eigenvalue weighted by Gasteiger charge is -2.02. The van der Waals surface area contributed by atoms with Crippen LogP contribution in [0.4, 0.5) is 0 Å². The monoisotopic (exact) mass is 325 g/mol. The molecule has 4 rings (SSSR count). The molecular weight excluding hydrogens is 314 g/mol. The number of hydrogen-bond donors (Lipinski definition) is 1. The van der Waals surface area contributed by atoms with E-state index in [1.807, 2.05) is 12.1 Å². The minimum absolute atomic E-state index is 0.130. The zero-order chi connectivity index (χ0) is 16.5. The molecule has 0 atom stereocenters. The fourth-order valence-corrected chi connectivity index (χ4v) is 2.24. The third-order valence-electron chi connectivity index (χ3n) is 3.33. The smallest absolute Gasteiger partial charge is 0.290 e. The van der Waals surface area contributed by atoms with Crippen LogP contribution in [0.25, 0.3) is 17.1 Å². The highest BCUT2D eigenvalue weighted by Gasteiger charge is 2.16. The van der Waals surface area contributed by atoms with Gasteiger partial charge in [-0.25, -0.2) is 0 Å². The second kappa shape index (κ2) is 5.57. The van der Waals surface area contributed by atoms with E-state index in [-0.39, 0.29) is 18.2 Å². The van der Waals surface area contributed by atoms with Crippen molar-refractivity contribution in [2.75, 3.05) is 0 Å². The molecule has 0 radical (unpaired) electrons. The molecule has 4 aromatic rings. The highest BCUT2D eigenvalue weighted by atomic mass is 16.5. The Bertz CT molecular complexity index is 1000. The van der Waals surface area contributed by atoms with Gasteiger partial charge in [-0.05, 0) is 19.1 Å². The second-order valence-corrected chi connectivity index (χ2v) is 4.94. The van der Waals surface area contributed by atoms with Crippen LogP contribution < -0.4 is 5.32 Å². The Kier molecular flexibility index (Phi) is 3.26. The van der Waals surface area contributed by atoms with E-state index >= 15 is 0 Å². The van der Waals surface area contributed by atoms with Gasteiger partial charge in [0.25, 0.3) is 11.8 Å². The molecule has 0 saturated carbocycles. The molecule has 0 unspecified atom stereocenters. The van der Waals surface area contributed by atoms with Crippen molar-refractivity contribution in [3.63, 3.8) is 0 Å². The van der Waals surface area contributed by atoms with Crippen LogP contribution in [0.1, 0.15) is 22.2 Å². The van der Waals surface area contributed by atoms with E-state index in [0.717, 1.165) is 0 Å². The van der Waals surface area contributed by atoms with Crippen molar-refractivity contribution >= 4 is 11.6 Å². The molecular formula is C14H11N7O3. The van der Waals surface area contributed by atoms with Crippen LogP contribution in [-0.2, 0) is 6.54 Å². The third kappa shape index (κ3) is 2.39. The molecule has 4 heterocycles. The van der Waals surface area contributed by atoms with Crippen molar-refractivity contribution in [1.82, 2.24) is 35.2 Å². The summed E-state index contributed by atoms with van der Waals surface area (Å²) in [6.07, 6.45) is 3.19. The minimum atomic E-state index is -0.382. The summed E-state index contributed by atoms with van der Waals surface area (Å²) >= 11 is 0. The zero-order valence-corrected chi connectivity index (χ0v) is 12.5. The number of aryl methyl sites for hydroxylation is 1. The van der Waals surface area contributed by atoms with Gasteiger partial charge in [0.2, 0.25) is 5.76 Å². The molecule has 0 spiro atoms. The van der Waals surface area contributed by atoms with Crippen LogP contribution >= 0.6 is 0 Å². The summed E-state index contributed by atoms with van der Waals surface area (Å²) in [6, 6.07) is 5.11. The molecule has 0 aromatic carbocycles. The Morgan fingerprint density at radius 1 is 1.29 bits per heavy atom. The lowest BCUT2D eigenvalue weighted by atomic mass is 10.2. The Morgan fingerprint density at radius 3 is 2.96 bits per heavy atom. The van der Waals surface area contributed by atoms with Crippen molar-refractivity contribution < 1.29 is 13.8 Å². The second-order valence-electron chi connectivity index (χ2n) is 4.94. The first-order valence-electron chi connectivity index (χ1n) is 7.04. The minimum Gasteiger partial charge on any atom is -0.351 e. The number of nitrogens with one attached hydrogen (secondary N) is 1. The Labute approximate surface area is 134 Å². The van der Waals surface area contributed by atoms with Crippen LogP contribution in [0, 0.1) is 6.92 Å². The van der Waals surface area contributed by atoms with Gasteiger partial charge in [0, 0.05) is 12.3 Å². The number of aromatic nitrogens is 6. The van der Waals surface area contributed by atoms with E-state index in [1.54, 1.807) is 17.5 Å². The van der Waals surface area contributed by atoms with Crippen LogP contribution in [0.2, 0.25) is 0 Å². The average molecular weight is 325 g/mol. The lowest BCUT2D eigenvalue weighted by Crippen LogP contribution is -2.23. The van der Waals surface area contributed by atoms with Gasteiger partial charge < -0.3 is 14.4 Å². The summed E-state index contributed by atoms with van der Waals surface area (Å²) in [4.78, 5) is 16.1. The molecule has 10 heteroatoms. The van der Waals surface area contributed by atoms with Crippen molar-refractivity contribution in [2.45, 2.75) is 13.5 Å². The molecule has 0 bridgehead atoms. The number of pyridine rings is 1. The highest BCUT2D eigenvalue weighted by molar-refractivity contribution is 5.91. The largest absolute Gasteiger partial charge is 0.351 e. The van der Waals surface area contributed by atoms with Crippen LogP contribution in [0.5, 0.6) is 0 Å². The quantitative estimate of drug-likeness (QED) is 0.589. The van der Waals surface area contributed by atoms with Crippen LogP contribution in [-0.4, -0.2) is 35.8 Å². The molecule has 24 heavy (non-hydrogen) atoms. The molecule has 1 amide bonds. The first-order chi connectivity index (χ1) is 11.7. The normalized spacial score (nSPS) is 11.0. The Balaban J connectivity index is 1.62. The predicted octanol–water partition coefficient (Wildman–Crippen LogP) is 1.01. The first-order valence-corrected chi connectivity index (χ1v) is 7.04. The summed E-state index contributed by atoms with van der Waals surface area (Å²) < 4.78 is 11.7. The van der Waals surface area contributed by atoms with Crippen molar-refractivity contribution in [3.05, 3.63) is 48.0 Å². The molecule has 0 fully saturated rings. The van der Waals surface area contributed by atoms with E-state index in [4.69, 9.17) is 9.05 Å². The Morgan fingerprint density at radius 2 is 2.21 bits per heavy atom. The van der Waals surface area contributed by atoms with Crippen LogP contribution in [0.15, 0.2) is 39.6 Å². The summed E-state index contributed by atoms with van der Waals surface area (Å²) in [5.41, 5.74) is 1.23. The van der Waals surface area contributed by atoms with Gasteiger partial charge in [0.15, 0.2) is 17.3 Å². The van der Waals surface area contributed by atoms with Crippen molar-refractivity contribution in [1.29, 1.82) is 0 Å². The molecule has 0 aliphatic carbocycles. The fraction of sp³-hybridized carbons (Fsp3) is 0.143. The molecule has 0 aliphatic rings. The standard InChI is InChI=1S/C14H11N7O3/c1-8-17-14(24-20-8)9-3-2-6-21-11(18-19-12(9)21)7-15-13(22)10-4-5-16-23-10/h2-6H,7H2,1H3,(H,15,22). The molecule has 1 N–H and O–H groups in total. The summed E-state index contributed by atoms with van der Waals surface area (Å²) in [5, 5.41) is 18.2. The first kappa shape index (κ1) is 14.1. The van der Waals surface area contributed by atoms with Gasteiger partial charge in [-0.3, -0.25) is 9.20 Å². The van der Waals surface area contributed by atoms with E-state index in [2.05, 4.69) is 30.8 Å². The maximum Gasteiger partial charge on any atom is 0.290 e. The average Bonchev–Trinajstić information content (AvgIpc) is 3.33. The summed E-state index contributed by atoms with van der Waals surface area (Å²) in [5.74, 6) is 1.20. The van der Waals surface area contributed by atoms with Gasteiger partial charge in [0.1, 0.15) is 0 Å². The van der Waals surface area contributed by atoms with Crippen molar-refractivity contribution in [3.8, 4) is 11.5 Å². The highest BCUT2D eigenvalue weighted by Crippen LogP contribution is 2.22. The number of rotatable bonds is 4. The van der Waals surface area contributed by atoms with Gasteiger partial charge in [0.05, 0.1) is 18.3 Å². The fourth-order valence-electron chi connectivity index (χ4n) is 2.24. The van der Waals surface area contributed by atoms with E-state index in [0.29, 0.717) is 28.8 Å². The van der Waals surface area contributed by atoms with E-state index in [1.165, 1.54) is 12.3 Å². The number of nitrogens with zero attached hydrogens (tertiary/aromatic N) is 6. The van der Waals surface area contributed by atoms with E-state index in [9.17, 15) is 4.79 Å². The molecule has 120 valence electrons. The topological polar surface area (TPSA) is 124 Å². The number of hydrogen-bond acceptors (Lipinski definition) is 8. The zero-order valence-electron chi connectivity index (χ0n) is 12.5. The third-order valence-corrected chi connectivity index (χ3v) is 3.33. The number of fused-ring (bicyclic) bond motifs is 1. The number of amides is 1. The summed E-state index contributed by atoms with van der Waals surface area (Å²) in [6.45, 7) is 1.91. The van der Waals surface area contributed by atoms with E-state index < -0.39 is 0 Å². The van der Waals surface area contributed by atoms with Gasteiger partial charge in [-0.15, -0.1) is 10.2 Å². The maximum atomic E-state index is 11.9. The molecule has 0 aliphatic heterocycles. The SMILES string of the molecule is Cc1noc(-c2cccn3c(CNC(=O)c4ccno4)nnc23)n1. The maximum absolute atomic E-state index is 11.9. The van der Waals surface area contributed by atoms with Crippen molar-refractivity contribution in [2.24, 2.45) is 0 Å². The van der Waals surface area contributed by atoms with Crippen LogP contribution in [0.3, 0.4) is 0 Å². The van der Waals surface area contributed by atoms with Gasteiger partial charge in [-0.2, -0.15) is 4.98 Å². The lowest BCUT2D eigenvalue weighted by molar-refractivity contribution is 0.0913. The number of carbonyl (C=O) groups excluding carboxylic acids is 1. The molecule has 0 saturated heterocycles. The van der Waals surface area contributed by atoms with Gasteiger partial charge in [-0.1, -0.05) is 10.3 Å². The predicted molar refractivity (Wildman–Crippen MR) is 78.7 cm³/mol. The summed E-state index contributed by atoms with van der Waals surface area (Å²) in [7, 11) is 0. The molecule has 10 nitrogen and oxygen atoms in total.